The molecule has 1 aromatic rings. The van der Waals surface area contributed by atoms with E-state index >= 15 is 0 Å². The van der Waals surface area contributed by atoms with Gasteiger partial charge in [0.1, 0.15) is 0 Å². The average molecular weight is 247 g/mol. The summed E-state index contributed by atoms with van der Waals surface area (Å²) in [7, 11) is 2.16. The minimum absolute atomic E-state index is 0.226. The van der Waals surface area contributed by atoms with E-state index in [1.165, 1.54) is 24.0 Å². The van der Waals surface area contributed by atoms with Gasteiger partial charge in [-0.05, 0) is 56.4 Å². The summed E-state index contributed by atoms with van der Waals surface area (Å²) in [6, 6.07) is 8.33. The minimum Gasteiger partial charge on any atom is -0.481 e. The number of carboxylic acids is 1. The van der Waals surface area contributed by atoms with Gasteiger partial charge in [-0.1, -0.05) is 24.3 Å². The Kier molecular flexibility index (Phi) is 4.37. The molecule has 0 bridgehead atoms. The van der Waals surface area contributed by atoms with Gasteiger partial charge in [-0.25, -0.2) is 0 Å². The third-order valence-corrected chi connectivity index (χ3v) is 3.82. The van der Waals surface area contributed by atoms with Crippen LogP contribution in [0.4, 0.5) is 0 Å². The molecule has 1 aliphatic heterocycles. The predicted molar refractivity (Wildman–Crippen MR) is 71.9 cm³/mol. The molecular weight excluding hydrogens is 226 g/mol. The molecule has 0 aromatic heterocycles. The highest BCUT2D eigenvalue weighted by atomic mass is 16.4. The van der Waals surface area contributed by atoms with E-state index in [-0.39, 0.29) is 6.42 Å². The van der Waals surface area contributed by atoms with Gasteiger partial charge >= 0.3 is 5.97 Å². The highest BCUT2D eigenvalue weighted by molar-refractivity contribution is 5.67. The Labute approximate surface area is 108 Å². The van der Waals surface area contributed by atoms with Crippen molar-refractivity contribution < 1.29 is 9.90 Å². The second-order valence-electron chi connectivity index (χ2n) is 5.17. The number of likely N-dealkylation sites (tertiary alicyclic amines) is 1. The third kappa shape index (κ3) is 3.33. The van der Waals surface area contributed by atoms with Crippen molar-refractivity contribution in [1.29, 1.82) is 0 Å². The number of carbonyl (C=O) groups is 1. The first-order valence-corrected chi connectivity index (χ1v) is 6.65. The lowest BCUT2D eigenvalue weighted by molar-refractivity contribution is -0.136. The minimum atomic E-state index is -0.715. The van der Waals surface area contributed by atoms with Crippen molar-refractivity contribution in [2.24, 2.45) is 0 Å². The second-order valence-corrected chi connectivity index (χ2v) is 5.17. The zero-order chi connectivity index (χ0) is 13.0. The Morgan fingerprint density at radius 1 is 1.33 bits per heavy atom. The molecule has 1 aliphatic rings. The first-order valence-electron chi connectivity index (χ1n) is 6.65. The van der Waals surface area contributed by atoms with Crippen LogP contribution < -0.4 is 0 Å². The summed E-state index contributed by atoms with van der Waals surface area (Å²) in [6.45, 7) is 2.27. The van der Waals surface area contributed by atoms with Gasteiger partial charge < -0.3 is 10.0 Å². The van der Waals surface area contributed by atoms with Crippen LogP contribution >= 0.6 is 0 Å². The van der Waals surface area contributed by atoms with E-state index in [1.807, 2.05) is 6.07 Å². The fourth-order valence-electron chi connectivity index (χ4n) is 2.72. The van der Waals surface area contributed by atoms with E-state index in [1.54, 1.807) is 0 Å². The maximum atomic E-state index is 10.7. The van der Waals surface area contributed by atoms with Gasteiger partial charge in [0.05, 0.1) is 0 Å². The number of hydrogen-bond donors (Lipinski definition) is 1. The van der Waals surface area contributed by atoms with Crippen LogP contribution in [-0.2, 0) is 11.2 Å². The van der Waals surface area contributed by atoms with Gasteiger partial charge in [-0.15, -0.1) is 0 Å². The van der Waals surface area contributed by atoms with Crippen molar-refractivity contribution in [3.63, 3.8) is 0 Å². The van der Waals surface area contributed by atoms with E-state index in [2.05, 4.69) is 30.1 Å². The van der Waals surface area contributed by atoms with Crippen LogP contribution in [0.2, 0.25) is 0 Å². The first-order chi connectivity index (χ1) is 8.66. The molecule has 0 aliphatic carbocycles. The van der Waals surface area contributed by atoms with Gasteiger partial charge in [-0.3, -0.25) is 4.79 Å². The van der Waals surface area contributed by atoms with E-state index < -0.39 is 5.97 Å². The van der Waals surface area contributed by atoms with Crippen LogP contribution in [0.1, 0.15) is 36.3 Å². The fraction of sp³-hybridized carbons (Fsp3) is 0.533. The van der Waals surface area contributed by atoms with E-state index in [0.29, 0.717) is 12.3 Å². The number of nitrogens with zero attached hydrogens (tertiary/aromatic N) is 1. The Balaban J connectivity index is 2.09. The molecule has 1 N–H and O–H groups in total. The SMILES string of the molecule is CN1CCC(c2ccccc2CCC(=O)O)CC1. The summed E-state index contributed by atoms with van der Waals surface area (Å²) in [6.07, 6.45) is 3.24. The molecular formula is C15H21NO2. The summed E-state index contributed by atoms with van der Waals surface area (Å²) in [5, 5.41) is 8.80. The van der Waals surface area contributed by atoms with Gasteiger partial charge in [0.2, 0.25) is 0 Å². The fourth-order valence-corrected chi connectivity index (χ4v) is 2.72. The summed E-state index contributed by atoms with van der Waals surface area (Å²) < 4.78 is 0. The lowest BCUT2D eigenvalue weighted by Gasteiger charge is -2.30. The van der Waals surface area contributed by atoms with E-state index in [9.17, 15) is 4.79 Å². The average Bonchev–Trinajstić information content (AvgIpc) is 2.38. The normalized spacial score (nSPS) is 17.8. The number of rotatable bonds is 4. The molecule has 3 nitrogen and oxygen atoms in total. The molecule has 1 fully saturated rings. The molecule has 3 heteroatoms. The van der Waals surface area contributed by atoms with E-state index in [0.717, 1.165) is 13.1 Å². The monoisotopic (exact) mass is 247 g/mol. The summed E-state index contributed by atoms with van der Waals surface area (Å²) in [5.74, 6) is -0.112. The van der Waals surface area contributed by atoms with Crippen LogP contribution in [0, 0.1) is 0 Å². The molecule has 18 heavy (non-hydrogen) atoms. The van der Waals surface area contributed by atoms with E-state index in [4.69, 9.17) is 5.11 Å². The Morgan fingerprint density at radius 2 is 2.00 bits per heavy atom. The van der Waals surface area contributed by atoms with Crippen molar-refractivity contribution in [3.05, 3.63) is 35.4 Å². The highest BCUT2D eigenvalue weighted by Gasteiger charge is 2.20. The van der Waals surface area contributed by atoms with Crippen molar-refractivity contribution in [1.82, 2.24) is 4.90 Å². The van der Waals surface area contributed by atoms with Crippen molar-refractivity contribution in [3.8, 4) is 0 Å². The maximum absolute atomic E-state index is 10.7. The molecule has 1 heterocycles. The summed E-state index contributed by atoms with van der Waals surface area (Å²) in [4.78, 5) is 13.1. The Bertz CT molecular complexity index is 409. The molecule has 0 unspecified atom stereocenters. The molecule has 0 atom stereocenters. The third-order valence-electron chi connectivity index (χ3n) is 3.82. The molecule has 2 rings (SSSR count). The van der Waals surface area contributed by atoms with Crippen LogP contribution in [0.25, 0.3) is 0 Å². The van der Waals surface area contributed by atoms with Crippen LogP contribution in [0.5, 0.6) is 0 Å². The topological polar surface area (TPSA) is 40.5 Å². The molecule has 1 saturated heterocycles. The lowest BCUT2D eigenvalue weighted by Crippen LogP contribution is -2.29. The standard InChI is InChI=1S/C15H21NO2/c1-16-10-8-13(9-11-16)14-5-3-2-4-12(14)6-7-15(17)18/h2-5,13H,6-11H2,1H3,(H,17,18). The second kappa shape index (κ2) is 6.01. The number of piperidine rings is 1. The summed E-state index contributed by atoms with van der Waals surface area (Å²) in [5.41, 5.74) is 2.58. The number of hydrogen-bond acceptors (Lipinski definition) is 2. The molecule has 0 saturated carbocycles. The number of benzene rings is 1. The van der Waals surface area contributed by atoms with Crippen LogP contribution in [0.3, 0.4) is 0 Å². The van der Waals surface area contributed by atoms with Gasteiger partial charge in [0.25, 0.3) is 0 Å². The highest BCUT2D eigenvalue weighted by Crippen LogP contribution is 2.30. The summed E-state index contributed by atoms with van der Waals surface area (Å²) >= 11 is 0. The first kappa shape index (κ1) is 13.1. The predicted octanol–water partition coefficient (Wildman–Crippen LogP) is 2.51. The van der Waals surface area contributed by atoms with Crippen molar-refractivity contribution >= 4 is 5.97 Å². The maximum Gasteiger partial charge on any atom is 0.303 e. The zero-order valence-corrected chi connectivity index (χ0v) is 10.9. The van der Waals surface area contributed by atoms with Gasteiger partial charge in [0.15, 0.2) is 0 Å². The largest absolute Gasteiger partial charge is 0.481 e. The molecule has 98 valence electrons. The molecule has 0 spiro atoms. The Morgan fingerprint density at radius 3 is 2.67 bits per heavy atom. The lowest BCUT2D eigenvalue weighted by atomic mass is 9.85. The molecule has 0 amide bonds. The van der Waals surface area contributed by atoms with Gasteiger partial charge in [-0.2, -0.15) is 0 Å². The zero-order valence-electron chi connectivity index (χ0n) is 10.9. The molecule has 0 radical (unpaired) electrons. The molecule has 1 aromatic carbocycles. The number of aryl methyl sites for hydroxylation is 1. The van der Waals surface area contributed by atoms with Crippen LogP contribution in [0.15, 0.2) is 24.3 Å². The number of carboxylic acid groups (broad SMARTS) is 1. The van der Waals surface area contributed by atoms with Crippen molar-refractivity contribution in [2.45, 2.75) is 31.6 Å². The smallest absolute Gasteiger partial charge is 0.303 e. The van der Waals surface area contributed by atoms with Crippen molar-refractivity contribution in [2.75, 3.05) is 20.1 Å². The Hall–Kier alpha value is -1.35. The quantitative estimate of drug-likeness (QED) is 0.888. The van der Waals surface area contributed by atoms with Crippen LogP contribution in [-0.4, -0.2) is 36.1 Å². The van der Waals surface area contributed by atoms with Gasteiger partial charge in [0, 0.05) is 6.42 Å². The number of aliphatic carboxylic acids is 1.